The number of nitrogens with one attached hydrogen (secondary N) is 1. The first kappa shape index (κ1) is 25.6. The first-order valence-electron chi connectivity index (χ1n) is 14.2. The number of aryl methyl sites for hydroxylation is 1. The number of anilines is 2. The van der Waals surface area contributed by atoms with Crippen molar-refractivity contribution in [1.29, 1.82) is 5.26 Å². The summed E-state index contributed by atoms with van der Waals surface area (Å²) in [4.78, 5) is 9.87. The van der Waals surface area contributed by atoms with E-state index in [1.54, 1.807) is 6.08 Å². The Balaban J connectivity index is 1.33. The Morgan fingerprint density at radius 3 is 2.45 bits per heavy atom. The van der Waals surface area contributed by atoms with Gasteiger partial charge in [0.1, 0.15) is 16.8 Å². The number of fused-ring (bicyclic) bond motifs is 2. The SMILES string of the molecule is Cc1cn(Cc2ccccc2)c2c(Oc3ccc(C4CC4)c4ccccc34)nc(Nc3ccc(/C=C/C#N)cc3)nc12. The largest absolute Gasteiger partial charge is 0.436 e. The van der Waals surface area contributed by atoms with Crippen molar-refractivity contribution >= 4 is 39.5 Å². The van der Waals surface area contributed by atoms with E-state index < -0.39 is 0 Å². The van der Waals surface area contributed by atoms with Crippen LogP contribution in [0.2, 0.25) is 0 Å². The molecule has 1 saturated carbocycles. The number of ether oxygens (including phenoxy) is 1. The van der Waals surface area contributed by atoms with E-state index in [2.05, 4.69) is 83.7 Å². The first-order chi connectivity index (χ1) is 20.7. The molecule has 1 fully saturated rings. The molecule has 6 nitrogen and oxygen atoms in total. The molecule has 0 saturated heterocycles. The highest BCUT2D eigenvalue weighted by Gasteiger charge is 2.26. The second-order valence-corrected chi connectivity index (χ2v) is 10.8. The third-order valence-electron chi connectivity index (χ3n) is 7.72. The van der Waals surface area contributed by atoms with Crippen molar-refractivity contribution in [3.05, 3.63) is 126 Å². The fraction of sp³-hybridized carbons (Fsp3) is 0.139. The maximum Gasteiger partial charge on any atom is 0.249 e. The molecule has 0 atom stereocenters. The van der Waals surface area contributed by atoms with Crippen LogP contribution in [0.3, 0.4) is 0 Å². The number of rotatable bonds is 8. The summed E-state index contributed by atoms with van der Waals surface area (Å²) in [6, 6.07) is 33.0. The van der Waals surface area contributed by atoms with Gasteiger partial charge in [0, 0.05) is 29.9 Å². The van der Waals surface area contributed by atoms with Gasteiger partial charge >= 0.3 is 0 Å². The molecule has 1 N–H and O–H groups in total. The van der Waals surface area contributed by atoms with Gasteiger partial charge in [-0.3, -0.25) is 0 Å². The fourth-order valence-electron chi connectivity index (χ4n) is 5.54. The lowest BCUT2D eigenvalue weighted by Crippen LogP contribution is -2.04. The third-order valence-corrected chi connectivity index (χ3v) is 7.72. The van der Waals surface area contributed by atoms with Gasteiger partial charge in [0.15, 0.2) is 0 Å². The molecular formula is C36H29N5O. The van der Waals surface area contributed by atoms with Crippen molar-refractivity contribution in [2.24, 2.45) is 0 Å². The van der Waals surface area contributed by atoms with Gasteiger partial charge in [-0.25, -0.2) is 4.98 Å². The molecule has 2 heterocycles. The molecule has 1 aliphatic rings. The van der Waals surface area contributed by atoms with Crippen molar-refractivity contribution in [2.45, 2.75) is 32.2 Å². The molecule has 6 heteroatoms. The van der Waals surface area contributed by atoms with Gasteiger partial charge in [-0.2, -0.15) is 10.2 Å². The Kier molecular flexibility index (Phi) is 6.61. The molecular weight excluding hydrogens is 518 g/mol. The van der Waals surface area contributed by atoms with Crippen molar-refractivity contribution < 1.29 is 4.74 Å². The van der Waals surface area contributed by atoms with Gasteiger partial charge in [-0.1, -0.05) is 72.8 Å². The minimum atomic E-state index is 0.456. The van der Waals surface area contributed by atoms with Gasteiger partial charge in [0.05, 0.1) is 6.07 Å². The predicted octanol–water partition coefficient (Wildman–Crippen LogP) is 8.89. The summed E-state index contributed by atoms with van der Waals surface area (Å²) in [6.45, 7) is 2.75. The number of aromatic nitrogens is 3. The summed E-state index contributed by atoms with van der Waals surface area (Å²) in [7, 11) is 0. The lowest BCUT2D eigenvalue weighted by molar-refractivity contribution is 0.471. The van der Waals surface area contributed by atoms with Gasteiger partial charge in [-0.15, -0.1) is 0 Å². The molecule has 0 spiro atoms. The Labute approximate surface area is 244 Å². The molecule has 0 radical (unpaired) electrons. The maximum atomic E-state index is 8.82. The van der Waals surface area contributed by atoms with Crippen LogP contribution in [0.5, 0.6) is 11.6 Å². The van der Waals surface area contributed by atoms with Crippen LogP contribution >= 0.6 is 0 Å². The highest BCUT2D eigenvalue weighted by molar-refractivity contribution is 5.93. The zero-order valence-electron chi connectivity index (χ0n) is 23.3. The molecule has 0 bridgehead atoms. The van der Waals surface area contributed by atoms with Crippen molar-refractivity contribution in [3.8, 4) is 17.7 Å². The third kappa shape index (κ3) is 5.09. The van der Waals surface area contributed by atoms with Crippen LogP contribution < -0.4 is 10.1 Å². The maximum absolute atomic E-state index is 8.82. The van der Waals surface area contributed by atoms with Crippen LogP contribution in [0, 0.1) is 18.3 Å². The van der Waals surface area contributed by atoms with Gasteiger partial charge in [-0.05, 0) is 77.6 Å². The molecule has 1 aliphatic carbocycles. The summed E-state index contributed by atoms with van der Waals surface area (Å²) in [5.41, 5.74) is 7.10. The zero-order chi connectivity index (χ0) is 28.5. The van der Waals surface area contributed by atoms with Crippen LogP contribution in [0.1, 0.15) is 41.0 Å². The number of benzene rings is 4. The number of hydrogen-bond donors (Lipinski definition) is 1. The van der Waals surface area contributed by atoms with E-state index >= 15 is 0 Å². The van der Waals surface area contributed by atoms with E-state index in [1.807, 2.05) is 36.4 Å². The average Bonchev–Trinajstić information content (AvgIpc) is 3.81. The Hall–Kier alpha value is -5.41. The van der Waals surface area contributed by atoms with Gasteiger partial charge in [0.2, 0.25) is 11.8 Å². The number of nitrogens with zero attached hydrogens (tertiary/aromatic N) is 4. The molecule has 204 valence electrons. The molecule has 2 aromatic heterocycles. The fourth-order valence-corrected chi connectivity index (χ4v) is 5.54. The predicted molar refractivity (Wildman–Crippen MR) is 168 cm³/mol. The summed E-state index contributed by atoms with van der Waals surface area (Å²) in [5.74, 6) is 2.37. The van der Waals surface area contributed by atoms with E-state index in [0.29, 0.717) is 24.3 Å². The molecule has 0 amide bonds. The van der Waals surface area contributed by atoms with E-state index in [1.165, 1.54) is 35.4 Å². The molecule has 0 unspecified atom stereocenters. The van der Waals surface area contributed by atoms with E-state index in [4.69, 9.17) is 20.0 Å². The van der Waals surface area contributed by atoms with Gasteiger partial charge < -0.3 is 14.6 Å². The lowest BCUT2D eigenvalue weighted by atomic mass is 10.0. The molecule has 6 aromatic rings. The highest BCUT2D eigenvalue weighted by atomic mass is 16.5. The van der Waals surface area contributed by atoms with Crippen LogP contribution in [0.4, 0.5) is 11.6 Å². The summed E-state index contributed by atoms with van der Waals surface area (Å²) in [6.07, 6.45) is 7.84. The second-order valence-electron chi connectivity index (χ2n) is 10.8. The summed E-state index contributed by atoms with van der Waals surface area (Å²) >= 11 is 0. The van der Waals surface area contributed by atoms with Crippen molar-refractivity contribution in [2.75, 3.05) is 5.32 Å². The number of allylic oxidation sites excluding steroid dienone is 1. The minimum absolute atomic E-state index is 0.456. The van der Waals surface area contributed by atoms with Crippen molar-refractivity contribution in [1.82, 2.24) is 14.5 Å². The molecule has 0 aliphatic heterocycles. The van der Waals surface area contributed by atoms with Crippen LogP contribution in [-0.4, -0.2) is 14.5 Å². The van der Waals surface area contributed by atoms with Crippen LogP contribution in [0.15, 0.2) is 103 Å². The Morgan fingerprint density at radius 1 is 0.929 bits per heavy atom. The van der Waals surface area contributed by atoms with Crippen LogP contribution in [0.25, 0.3) is 27.9 Å². The monoisotopic (exact) mass is 547 g/mol. The van der Waals surface area contributed by atoms with E-state index in [0.717, 1.165) is 39.0 Å². The van der Waals surface area contributed by atoms with Crippen molar-refractivity contribution in [3.63, 3.8) is 0 Å². The number of nitriles is 1. The lowest BCUT2D eigenvalue weighted by Gasteiger charge is -2.15. The summed E-state index contributed by atoms with van der Waals surface area (Å²) in [5, 5.41) is 14.5. The smallest absolute Gasteiger partial charge is 0.249 e. The Bertz CT molecular complexity index is 1980. The standard InChI is InChI=1S/C36H29N5O/c1-24-22-41(23-26-8-3-2-4-9-26)34-33(24)39-36(38-28-17-13-25(14-18-28)10-7-21-37)40-35(34)42-32-20-19-29(27-15-16-27)30-11-5-6-12-31(30)32/h2-14,17-20,22,27H,15-16,23H2,1H3,(H,38,39,40)/b10-7+. The minimum Gasteiger partial charge on any atom is -0.436 e. The van der Waals surface area contributed by atoms with Gasteiger partial charge in [0.25, 0.3) is 0 Å². The quantitative estimate of drug-likeness (QED) is 0.193. The van der Waals surface area contributed by atoms with E-state index in [-0.39, 0.29) is 0 Å². The highest BCUT2D eigenvalue weighted by Crippen LogP contribution is 2.45. The topological polar surface area (TPSA) is 75.8 Å². The first-order valence-corrected chi connectivity index (χ1v) is 14.2. The average molecular weight is 548 g/mol. The number of hydrogen-bond acceptors (Lipinski definition) is 5. The summed E-state index contributed by atoms with van der Waals surface area (Å²) < 4.78 is 8.92. The van der Waals surface area contributed by atoms with E-state index in [9.17, 15) is 0 Å². The Morgan fingerprint density at radius 2 is 1.69 bits per heavy atom. The molecule has 42 heavy (non-hydrogen) atoms. The molecule has 7 rings (SSSR count). The van der Waals surface area contributed by atoms with Crippen LogP contribution in [-0.2, 0) is 6.54 Å². The second kappa shape index (κ2) is 10.9. The molecule has 4 aromatic carbocycles. The normalized spacial score (nSPS) is 13.0. The zero-order valence-corrected chi connectivity index (χ0v) is 23.3.